The Balaban J connectivity index is 1.36. The SMILES string of the molecule is COc1cccc(N2CCN(CC(=O)c3ccc4c(c3)CCN4S(C)(=O)=O)CC2)c1. The fraction of sp³-hybridized carbons (Fsp3) is 0.409. The standard InChI is InChI=1S/C22H27N3O4S/c1-29-20-5-3-4-19(15-20)24-12-10-23(11-13-24)16-22(26)18-6-7-21-17(14-18)8-9-25(21)30(2,27)28/h3-7,14-15H,8-13,16H2,1-2H3. The van der Waals surface area contributed by atoms with Crippen molar-refractivity contribution in [1.29, 1.82) is 0 Å². The van der Waals surface area contributed by atoms with Crippen LogP contribution in [-0.2, 0) is 16.4 Å². The second-order valence-corrected chi connectivity index (χ2v) is 9.72. The molecular weight excluding hydrogens is 402 g/mol. The minimum Gasteiger partial charge on any atom is -0.497 e. The first-order chi connectivity index (χ1) is 14.3. The van der Waals surface area contributed by atoms with Crippen molar-refractivity contribution in [3.63, 3.8) is 0 Å². The third-order valence-corrected chi connectivity index (χ3v) is 6.99. The Hall–Kier alpha value is -2.58. The highest BCUT2D eigenvalue weighted by atomic mass is 32.2. The molecule has 0 atom stereocenters. The smallest absolute Gasteiger partial charge is 0.232 e. The molecule has 0 amide bonds. The lowest BCUT2D eigenvalue weighted by atomic mass is 10.0. The van der Waals surface area contributed by atoms with E-state index in [1.807, 2.05) is 24.3 Å². The molecule has 30 heavy (non-hydrogen) atoms. The van der Waals surface area contributed by atoms with Gasteiger partial charge < -0.3 is 9.64 Å². The third-order valence-electron chi connectivity index (χ3n) is 5.81. The van der Waals surface area contributed by atoms with Crippen molar-refractivity contribution in [2.45, 2.75) is 6.42 Å². The summed E-state index contributed by atoms with van der Waals surface area (Å²) in [4.78, 5) is 17.3. The van der Waals surface area contributed by atoms with E-state index < -0.39 is 10.0 Å². The molecule has 2 aromatic rings. The van der Waals surface area contributed by atoms with Crippen molar-refractivity contribution in [2.75, 3.05) is 61.8 Å². The summed E-state index contributed by atoms with van der Waals surface area (Å²) >= 11 is 0. The maximum atomic E-state index is 12.8. The molecule has 1 saturated heterocycles. The number of benzene rings is 2. The van der Waals surface area contributed by atoms with Crippen molar-refractivity contribution < 1.29 is 17.9 Å². The van der Waals surface area contributed by atoms with Crippen LogP contribution in [0.2, 0.25) is 0 Å². The Morgan fingerprint density at radius 3 is 2.50 bits per heavy atom. The van der Waals surface area contributed by atoms with E-state index in [1.54, 1.807) is 19.2 Å². The van der Waals surface area contributed by atoms with Gasteiger partial charge in [-0.15, -0.1) is 0 Å². The second-order valence-electron chi connectivity index (χ2n) is 7.82. The number of nitrogens with zero attached hydrogens (tertiary/aromatic N) is 3. The van der Waals surface area contributed by atoms with Crippen LogP contribution in [-0.4, -0.2) is 71.7 Å². The predicted octanol–water partition coefficient (Wildman–Crippen LogP) is 2.02. The number of hydrogen-bond acceptors (Lipinski definition) is 6. The van der Waals surface area contributed by atoms with Crippen molar-refractivity contribution in [3.05, 3.63) is 53.6 Å². The van der Waals surface area contributed by atoms with Crippen molar-refractivity contribution in [3.8, 4) is 5.75 Å². The number of hydrogen-bond donors (Lipinski definition) is 0. The number of carbonyl (C=O) groups is 1. The van der Waals surface area contributed by atoms with Crippen LogP contribution >= 0.6 is 0 Å². The molecule has 0 aliphatic carbocycles. The monoisotopic (exact) mass is 429 g/mol. The van der Waals surface area contributed by atoms with Gasteiger partial charge in [-0.25, -0.2) is 8.42 Å². The summed E-state index contributed by atoms with van der Waals surface area (Å²) in [5.74, 6) is 0.918. The second kappa shape index (κ2) is 8.28. The maximum absolute atomic E-state index is 12.8. The van der Waals surface area contributed by atoms with Gasteiger partial charge in [0.1, 0.15) is 5.75 Å². The van der Waals surface area contributed by atoms with E-state index in [-0.39, 0.29) is 5.78 Å². The molecule has 2 aliphatic rings. The number of fused-ring (bicyclic) bond motifs is 1. The molecule has 0 spiro atoms. The lowest BCUT2D eigenvalue weighted by Gasteiger charge is -2.35. The Labute approximate surface area is 177 Å². The zero-order valence-electron chi connectivity index (χ0n) is 17.4. The van der Waals surface area contributed by atoms with Gasteiger partial charge in [-0.2, -0.15) is 0 Å². The molecule has 7 nitrogen and oxygen atoms in total. The Morgan fingerprint density at radius 2 is 1.80 bits per heavy atom. The van der Waals surface area contributed by atoms with Gasteiger partial charge in [-0.1, -0.05) is 6.07 Å². The molecule has 8 heteroatoms. The summed E-state index contributed by atoms with van der Waals surface area (Å²) in [6.45, 7) is 4.16. The first-order valence-corrected chi connectivity index (χ1v) is 12.0. The van der Waals surface area contributed by atoms with Crippen LogP contribution in [0.4, 0.5) is 11.4 Å². The highest BCUT2D eigenvalue weighted by Gasteiger charge is 2.27. The van der Waals surface area contributed by atoms with E-state index in [4.69, 9.17) is 4.74 Å². The fourth-order valence-corrected chi connectivity index (χ4v) is 5.11. The quantitative estimate of drug-likeness (QED) is 0.655. The van der Waals surface area contributed by atoms with Crippen LogP contribution in [0.25, 0.3) is 0 Å². The molecule has 0 bridgehead atoms. The summed E-state index contributed by atoms with van der Waals surface area (Å²) in [6.07, 6.45) is 1.86. The number of Topliss-reactive ketones (excluding diaryl/α,β-unsaturated/α-hetero) is 1. The summed E-state index contributed by atoms with van der Waals surface area (Å²) in [6, 6.07) is 13.4. The van der Waals surface area contributed by atoms with E-state index in [2.05, 4.69) is 15.9 Å². The molecule has 2 aromatic carbocycles. The van der Waals surface area contributed by atoms with Gasteiger partial charge in [0.05, 0.1) is 25.6 Å². The van der Waals surface area contributed by atoms with E-state index in [0.29, 0.717) is 30.8 Å². The average molecular weight is 430 g/mol. The van der Waals surface area contributed by atoms with Crippen LogP contribution in [0, 0.1) is 0 Å². The molecule has 0 saturated carbocycles. The van der Waals surface area contributed by atoms with E-state index in [1.165, 1.54) is 10.6 Å². The molecule has 1 fully saturated rings. The van der Waals surface area contributed by atoms with Gasteiger partial charge >= 0.3 is 0 Å². The van der Waals surface area contributed by atoms with E-state index in [0.717, 1.165) is 43.2 Å². The highest BCUT2D eigenvalue weighted by Crippen LogP contribution is 2.31. The first-order valence-electron chi connectivity index (χ1n) is 10.1. The lowest BCUT2D eigenvalue weighted by Crippen LogP contribution is -2.48. The summed E-state index contributed by atoms with van der Waals surface area (Å²) in [7, 11) is -1.61. The summed E-state index contributed by atoms with van der Waals surface area (Å²) in [5.41, 5.74) is 3.41. The van der Waals surface area contributed by atoms with Crippen LogP contribution in [0.5, 0.6) is 5.75 Å². The van der Waals surface area contributed by atoms with Crippen LogP contribution in [0.15, 0.2) is 42.5 Å². The molecule has 2 heterocycles. The summed E-state index contributed by atoms with van der Waals surface area (Å²) < 4.78 is 30.5. The van der Waals surface area contributed by atoms with Crippen molar-refractivity contribution >= 4 is 27.2 Å². The van der Waals surface area contributed by atoms with Gasteiger partial charge in [0, 0.05) is 50.0 Å². The topological polar surface area (TPSA) is 70.2 Å². The molecule has 2 aliphatic heterocycles. The molecular formula is C22H27N3O4S. The van der Waals surface area contributed by atoms with Gasteiger partial charge in [-0.05, 0) is 42.3 Å². The van der Waals surface area contributed by atoms with Crippen LogP contribution in [0.3, 0.4) is 0 Å². The third kappa shape index (κ3) is 4.29. The van der Waals surface area contributed by atoms with Crippen molar-refractivity contribution in [2.24, 2.45) is 0 Å². The number of piperazine rings is 1. The molecule has 0 unspecified atom stereocenters. The normalized spacial score (nSPS) is 17.1. The fourth-order valence-electron chi connectivity index (χ4n) is 4.16. The van der Waals surface area contributed by atoms with Crippen LogP contribution in [0.1, 0.15) is 15.9 Å². The zero-order valence-corrected chi connectivity index (χ0v) is 18.2. The van der Waals surface area contributed by atoms with Crippen molar-refractivity contribution in [1.82, 2.24) is 4.90 Å². The highest BCUT2D eigenvalue weighted by molar-refractivity contribution is 7.92. The Morgan fingerprint density at radius 1 is 1.03 bits per heavy atom. The minimum atomic E-state index is -3.28. The molecule has 0 radical (unpaired) electrons. The van der Waals surface area contributed by atoms with E-state index in [9.17, 15) is 13.2 Å². The number of ketones is 1. The van der Waals surface area contributed by atoms with Crippen LogP contribution < -0.4 is 13.9 Å². The number of sulfonamides is 1. The summed E-state index contributed by atoms with van der Waals surface area (Å²) in [5, 5.41) is 0. The maximum Gasteiger partial charge on any atom is 0.232 e. The van der Waals surface area contributed by atoms with E-state index >= 15 is 0 Å². The van der Waals surface area contributed by atoms with Gasteiger partial charge in [0.25, 0.3) is 0 Å². The number of methoxy groups -OCH3 is 1. The molecule has 4 rings (SSSR count). The Bertz CT molecular complexity index is 1050. The number of carbonyl (C=O) groups excluding carboxylic acids is 1. The van der Waals surface area contributed by atoms with Gasteiger partial charge in [0.2, 0.25) is 10.0 Å². The first kappa shape index (κ1) is 20.7. The van der Waals surface area contributed by atoms with Gasteiger partial charge in [0.15, 0.2) is 5.78 Å². The molecule has 0 aromatic heterocycles. The molecule has 0 N–H and O–H groups in total. The van der Waals surface area contributed by atoms with Gasteiger partial charge in [-0.3, -0.25) is 14.0 Å². The minimum absolute atomic E-state index is 0.0745. The number of rotatable bonds is 6. The zero-order chi connectivity index (χ0) is 21.3. The number of ether oxygens (including phenoxy) is 1. The Kier molecular flexibility index (Phi) is 5.71. The average Bonchev–Trinajstić information content (AvgIpc) is 3.18. The lowest BCUT2D eigenvalue weighted by molar-refractivity contribution is 0.0926. The predicted molar refractivity (Wildman–Crippen MR) is 118 cm³/mol. The number of anilines is 2. The largest absolute Gasteiger partial charge is 0.497 e. The molecule has 160 valence electrons.